The molecule has 1 N–H and O–H groups in total. The van der Waals surface area contributed by atoms with E-state index < -0.39 is 0 Å². The third-order valence-corrected chi connectivity index (χ3v) is 5.70. The van der Waals surface area contributed by atoms with E-state index in [0.717, 1.165) is 50.1 Å². The molecule has 2 fully saturated rings. The van der Waals surface area contributed by atoms with Crippen LogP contribution in [0.15, 0.2) is 11.4 Å². The number of hydrogen-bond donors (Lipinski definition) is 1. The zero-order chi connectivity index (χ0) is 16.7. The predicted molar refractivity (Wildman–Crippen MR) is 95.3 cm³/mol. The first-order valence-corrected chi connectivity index (χ1v) is 9.55. The smallest absolute Gasteiger partial charge is 0.229 e. The van der Waals surface area contributed by atoms with Crippen LogP contribution in [0.4, 0.5) is 5.13 Å². The van der Waals surface area contributed by atoms with Gasteiger partial charge in [0.25, 0.3) is 0 Å². The van der Waals surface area contributed by atoms with Crippen LogP contribution < -0.4 is 5.32 Å². The first kappa shape index (κ1) is 15.8. The number of rotatable bonds is 5. The number of thiazole rings is 1. The fraction of sp³-hybridized carbons (Fsp3) is 0.556. The monoisotopic (exact) mass is 345 g/mol. The molecule has 0 radical (unpaired) electrons. The number of aryl methyl sites for hydroxylation is 1. The van der Waals surface area contributed by atoms with E-state index in [2.05, 4.69) is 34.8 Å². The highest BCUT2D eigenvalue weighted by atomic mass is 32.1. The first-order chi connectivity index (χ1) is 11.6. The number of ether oxygens (including phenoxy) is 1. The summed E-state index contributed by atoms with van der Waals surface area (Å²) >= 11 is 1.50. The molecule has 1 saturated carbocycles. The van der Waals surface area contributed by atoms with E-state index in [4.69, 9.17) is 4.74 Å². The molecule has 6 heteroatoms. The Morgan fingerprint density at radius 1 is 1.42 bits per heavy atom. The normalized spacial score (nSPS) is 20.5. The molecule has 2 aromatic heterocycles. The lowest BCUT2D eigenvalue weighted by Crippen LogP contribution is -2.16. The van der Waals surface area contributed by atoms with Gasteiger partial charge < -0.3 is 14.6 Å². The summed E-state index contributed by atoms with van der Waals surface area (Å²) in [7, 11) is 0. The lowest BCUT2D eigenvalue weighted by atomic mass is 10.2. The molecule has 1 atom stereocenters. The molecule has 1 aliphatic carbocycles. The molecule has 0 bridgehead atoms. The van der Waals surface area contributed by atoms with Gasteiger partial charge in [0, 0.05) is 41.4 Å². The van der Waals surface area contributed by atoms with Crippen molar-refractivity contribution in [3.8, 4) is 11.3 Å². The molecule has 1 saturated heterocycles. The van der Waals surface area contributed by atoms with Crippen LogP contribution >= 0.6 is 11.3 Å². The van der Waals surface area contributed by atoms with Crippen LogP contribution in [0.2, 0.25) is 0 Å². The van der Waals surface area contributed by atoms with Crippen molar-refractivity contribution in [3.05, 3.63) is 22.8 Å². The minimum Gasteiger partial charge on any atom is -0.376 e. The fourth-order valence-corrected chi connectivity index (χ4v) is 4.05. The van der Waals surface area contributed by atoms with Crippen molar-refractivity contribution in [2.75, 3.05) is 11.9 Å². The standard InChI is InChI=1S/C18H23N3O2S/c1-11-8-15(12(2)21(11)9-14-4-3-7-23-14)16-10-24-18(19-16)20-17(22)13-5-6-13/h8,10,13-14H,3-7,9H2,1-2H3,(H,19,20,22)/t14-/m0/s1. The van der Waals surface area contributed by atoms with Crippen molar-refractivity contribution in [1.82, 2.24) is 9.55 Å². The number of hydrogen-bond acceptors (Lipinski definition) is 4. The second kappa shape index (κ2) is 6.33. The summed E-state index contributed by atoms with van der Waals surface area (Å²) < 4.78 is 8.10. The van der Waals surface area contributed by atoms with E-state index >= 15 is 0 Å². The molecule has 3 heterocycles. The van der Waals surface area contributed by atoms with Gasteiger partial charge in [-0.1, -0.05) is 0 Å². The zero-order valence-electron chi connectivity index (χ0n) is 14.2. The van der Waals surface area contributed by atoms with Gasteiger partial charge in [0.15, 0.2) is 5.13 Å². The van der Waals surface area contributed by atoms with E-state index in [0.29, 0.717) is 11.2 Å². The van der Waals surface area contributed by atoms with E-state index in [-0.39, 0.29) is 11.8 Å². The highest BCUT2D eigenvalue weighted by Gasteiger charge is 2.30. The Balaban J connectivity index is 1.53. The molecule has 4 rings (SSSR count). The van der Waals surface area contributed by atoms with Gasteiger partial charge in [-0.05, 0) is 45.6 Å². The minimum atomic E-state index is 0.111. The van der Waals surface area contributed by atoms with Crippen LogP contribution in [0.5, 0.6) is 0 Å². The third kappa shape index (κ3) is 3.13. The number of carbonyl (C=O) groups is 1. The number of carbonyl (C=O) groups excluding carboxylic acids is 1. The molecule has 2 aliphatic rings. The van der Waals surface area contributed by atoms with Crippen LogP contribution in [0.25, 0.3) is 11.3 Å². The van der Waals surface area contributed by atoms with E-state index in [9.17, 15) is 4.79 Å². The number of nitrogens with one attached hydrogen (secondary N) is 1. The molecule has 0 unspecified atom stereocenters. The van der Waals surface area contributed by atoms with Crippen LogP contribution in [-0.4, -0.2) is 28.2 Å². The summed E-state index contributed by atoms with van der Waals surface area (Å²) in [5.74, 6) is 0.314. The SMILES string of the molecule is Cc1cc(-c2csc(NC(=O)C3CC3)n2)c(C)n1C[C@@H]1CCCO1. The lowest BCUT2D eigenvalue weighted by molar-refractivity contribution is -0.117. The van der Waals surface area contributed by atoms with Crippen molar-refractivity contribution >= 4 is 22.4 Å². The van der Waals surface area contributed by atoms with Gasteiger partial charge in [-0.3, -0.25) is 4.79 Å². The maximum Gasteiger partial charge on any atom is 0.229 e. The average molecular weight is 345 g/mol. The summed E-state index contributed by atoms with van der Waals surface area (Å²) in [6.45, 7) is 6.06. The number of anilines is 1. The lowest BCUT2D eigenvalue weighted by Gasteiger charge is -2.14. The zero-order valence-corrected chi connectivity index (χ0v) is 15.0. The molecular weight excluding hydrogens is 322 g/mol. The summed E-state index contributed by atoms with van der Waals surface area (Å²) in [5.41, 5.74) is 4.54. The minimum absolute atomic E-state index is 0.111. The second-order valence-corrected chi connectivity index (χ2v) is 7.69. The van der Waals surface area contributed by atoms with Gasteiger partial charge in [-0.15, -0.1) is 11.3 Å². The maximum absolute atomic E-state index is 11.9. The van der Waals surface area contributed by atoms with Gasteiger partial charge in [-0.2, -0.15) is 0 Å². The van der Waals surface area contributed by atoms with E-state index in [1.807, 2.05) is 5.38 Å². The van der Waals surface area contributed by atoms with Crippen molar-refractivity contribution < 1.29 is 9.53 Å². The summed E-state index contributed by atoms with van der Waals surface area (Å²) in [4.78, 5) is 16.5. The first-order valence-electron chi connectivity index (χ1n) is 8.67. The van der Waals surface area contributed by atoms with Crippen LogP contribution in [0, 0.1) is 19.8 Å². The topological polar surface area (TPSA) is 56.2 Å². The van der Waals surface area contributed by atoms with Crippen molar-refractivity contribution in [2.45, 2.75) is 52.2 Å². The van der Waals surface area contributed by atoms with Crippen molar-refractivity contribution in [1.29, 1.82) is 0 Å². The maximum atomic E-state index is 11.9. The van der Waals surface area contributed by atoms with Gasteiger partial charge in [0.2, 0.25) is 5.91 Å². The Kier molecular flexibility index (Phi) is 4.18. The molecule has 1 amide bonds. The Morgan fingerprint density at radius 3 is 2.96 bits per heavy atom. The molecule has 0 aromatic carbocycles. The predicted octanol–water partition coefficient (Wildman–Crippen LogP) is 3.76. The van der Waals surface area contributed by atoms with Gasteiger partial charge in [0.05, 0.1) is 11.8 Å². The quantitative estimate of drug-likeness (QED) is 0.898. The Labute approximate surface area is 146 Å². The third-order valence-electron chi connectivity index (χ3n) is 4.94. The fourth-order valence-electron chi connectivity index (χ4n) is 3.34. The summed E-state index contributed by atoms with van der Waals surface area (Å²) in [5, 5.41) is 5.66. The van der Waals surface area contributed by atoms with E-state index in [1.165, 1.54) is 22.7 Å². The van der Waals surface area contributed by atoms with Crippen molar-refractivity contribution in [2.24, 2.45) is 5.92 Å². The molecular formula is C18H23N3O2S. The Morgan fingerprint density at radius 2 is 2.25 bits per heavy atom. The average Bonchev–Trinajstić information content (AvgIpc) is 2.98. The molecule has 24 heavy (non-hydrogen) atoms. The number of nitrogens with zero attached hydrogens (tertiary/aromatic N) is 2. The largest absolute Gasteiger partial charge is 0.376 e. The van der Waals surface area contributed by atoms with Crippen LogP contribution in [-0.2, 0) is 16.1 Å². The second-order valence-electron chi connectivity index (χ2n) is 6.83. The van der Waals surface area contributed by atoms with E-state index in [1.54, 1.807) is 0 Å². The highest BCUT2D eigenvalue weighted by molar-refractivity contribution is 7.14. The van der Waals surface area contributed by atoms with Gasteiger partial charge >= 0.3 is 0 Å². The molecule has 5 nitrogen and oxygen atoms in total. The molecule has 0 spiro atoms. The van der Waals surface area contributed by atoms with Gasteiger partial charge in [-0.25, -0.2) is 4.98 Å². The Hall–Kier alpha value is -1.66. The van der Waals surface area contributed by atoms with Crippen molar-refractivity contribution in [3.63, 3.8) is 0 Å². The molecule has 1 aliphatic heterocycles. The number of aromatic nitrogens is 2. The summed E-state index contributed by atoms with van der Waals surface area (Å²) in [6.07, 6.45) is 4.64. The molecule has 2 aromatic rings. The molecule has 128 valence electrons. The van der Waals surface area contributed by atoms with Gasteiger partial charge in [0.1, 0.15) is 0 Å². The Bertz CT molecular complexity index is 754. The van der Waals surface area contributed by atoms with Crippen LogP contribution in [0.3, 0.4) is 0 Å². The van der Waals surface area contributed by atoms with Crippen LogP contribution in [0.1, 0.15) is 37.1 Å². The highest BCUT2D eigenvalue weighted by Crippen LogP contribution is 2.33. The number of amides is 1. The summed E-state index contributed by atoms with van der Waals surface area (Å²) in [6, 6.07) is 2.19.